The van der Waals surface area contributed by atoms with E-state index in [-0.39, 0.29) is 24.0 Å². The fraction of sp³-hybridized carbons (Fsp3) is 0.609. The Bertz CT molecular complexity index is 962. The number of likely N-dealkylation sites (tertiary alicyclic amines) is 1. The number of aromatic amines is 1. The second kappa shape index (κ2) is 8.15. The van der Waals surface area contributed by atoms with Crippen LogP contribution in [0.2, 0.25) is 0 Å². The molecule has 3 aliphatic rings. The zero-order valence-electron chi connectivity index (χ0n) is 18.2. The molecule has 2 aliphatic carbocycles. The van der Waals surface area contributed by atoms with Crippen LogP contribution in [0.15, 0.2) is 24.4 Å². The molecule has 4 atom stereocenters. The van der Waals surface area contributed by atoms with Crippen molar-refractivity contribution in [3.8, 4) is 11.4 Å². The zero-order chi connectivity index (χ0) is 21.5. The number of nitrogens with one attached hydrogen (secondary N) is 2. The Morgan fingerprint density at radius 2 is 2.03 bits per heavy atom. The van der Waals surface area contributed by atoms with Crippen molar-refractivity contribution in [2.24, 2.45) is 24.8 Å². The third-order valence-corrected chi connectivity index (χ3v) is 7.05. The molecule has 31 heavy (non-hydrogen) atoms. The molecule has 1 aliphatic heterocycles. The third-order valence-electron chi connectivity index (χ3n) is 7.05. The molecule has 2 aromatic heterocycles. The van der Waals surface area contributed by atoms with E-state index >= 15 is 0 Å². The molecular formula is C23H31N5O3. The molecule has 8 heteroatoms. The third kappa shape index (κ3) is 4.26. The Hall–Kier alpha value is -2.61. The van der Waals surface area contributed by atoms with Gasteiger partial charge < -0.3 is 19.5 Å². The molecule has 8 nitrogen and oxygen atoms in total. The summed E-state index contributed by atoms with van der Waals surface area (Å²) in [5.41, 5.74) is 2.26. The topological polar surface area (TPSA) is 92.3 Å². The van der Waals surface area contributed by atoms with Crippen molar-refractivity contribution in [3.63, 3.8) is 0 Å². The molecular weight excluding hydrogens is 394 g/mol. The predicted octanol–water partition coefficient (Wildman–Crippen LogP) is 2.20. The molecule has 3 fully saturated rings. The number of carbonyl (C=O) groups is 2. The summed E-state index contributed by atoms with van der Waals surface area (Å²) in [6, 6.07) is 5.81. The van der Waals surface area contributed by atoms with Gasteiger partial charge in [-0.25, -0.2) is 0 Å². The van der Waals surface area contributed by atoms with Gasteiger partial charge in [0.2, 0.25) is 5.91 Å². The van der Waals surface area contributed by atoms with Crippen molar-refractivity contribution < 1.29 is 14.3 Å². The molecule has 0 radical (unpaired) electrons. The Morgan fingerprint density at radius 3 is 2.71 bits per heavy atom. The first-order valence-electron chi connectivity index (χ1n) is 11.3. The van der Waals surface area contributed by atoms with E-state index in [4.69, 9.17) is 4.74 Å². The van der Waals surface area contributed by atoms with Crippen LogP contribution < -0.4 is 5.32 Å². The molecule has 0 unspecified atom stereocenters. The minimum Gasteiger partial charge on any atom is -0.376 e. The van der Waals surface area contributed by atoms with E-state index in [0.29, 0.717) is 30.0 Å². The van der Waals surface area contributed by atoms with Gasteiger partial charge in [-0.1, -0.05) is 0 Å². The quantitative estimate of drug-likeness (QED) is 0.742. The summed E-state index contributed by atoms with van der Waals surface area (Å²) in [5.74, 6) is 1.47. The molecule has 0 spiro atoms. The lowest BCUT2D eigenvalue weighted by molar-refractivity contribution is -0.122. The number of hydrogen-bond donors (Lipinski definition) is 2. The number of hydrogen-bond acceptors (Lipinski definition) is 4. The number of ether oxygens (including phenoxy) is 1. The first-order chi connectivity index (χ1) is 15.0. The molecule has 166 valence electrons. The maximum atomic E-state index is 13.2. The Kier molecular flexibility index (Phi) is 5.33. The van der Waals surface area contributed by atoms with Crippen molar-refractivity contribution in [1.82, 2.24) is 25.0 Å². The van der Waals surface area contributed by atoms with Crippen LogP contribution in [-0.2, 0) is 16.6 Å². The minimum absolute atomic E-state index is 0.00566. The van der Waals surface area contributed by atoms with Crippen molar-refractivity contribution in [1.29, 1.82) is 0 Å². The number of aryl methyl sites for hydroxylation is 1. The summed E-state index contributed by atoms with van der Waals surface area (Å²) in [6.07, 6.45) is 6.26. The highest BCUT2D eigenvalue weighted by Gasteiger charge is 2.44. The maximum Gasteiger partial charge on any atom is 0.271 e. The van der Waals surface area contributed by atoms with Crippen LogP contribution in [-0.4, -0.2) is 63.3 Å². The standard InChI is InChI=1S/C23H31N5O3/c1-14(29)24-19-8-16-11-28(12-17(16)9-22(19)31-13-15-5-6-15)23(30)20-10-18(25-26-20)21-4-3-7-27(21)2/h3-4,7,10,15-17,19,22H,5-6,8-9,11-13H2,1-2H3,(H,24,29)(H,25,26)/t16-,17+,19-,22-/m1/s1. The normalized spacial score (nSPS) is 27.9. The summed E-state index contributed by atoms with van der Waals surface area (Å²) in [7, 11) is 1.96. The lowest BCUT2D eigenvalue weighted by atomic mass is 9.77. The average Bonchev–Trinajstić information content (AvgIpc) is 3.11. The van der Waals surface area contributed by atoms with E-state index < -0.39 is 0 Å². The first kappa shape index (κ1) is 20.3. The zero-order valence-corrected chi connectivity index (χ0v) is 18.2. The average molecular weight is 426 g/mol. The molecule has 2 aromatic rings. The summed E-state index contributed by atoms with van der Waals surface area (Å²) in [5, 5.41) is 10.4. The highest BCUT2D eigenvalue weighted by molar-refractivity contribution is 5.93. The van der Waals surface area contributed by atoms with Crippen molar-refractivity contribution in [2.75, 3.05) is 19.7 Å². The van der Waals surface area contributed by atoms with Crippen LogP contribution in [0.3, 0.4) is 0 Å². The van der Waals surface area contributed by atoms with E-state index in [2.05, 4.69) is 15.5 Å². The van der Waals surface area contributed by atoms with Crippen molar-refractivity contribution in [3.05, 3.63) is 30.1 Å². The lowest BCUT2D eigenvalue weighted by Gasteiger charge is -2.38. The van der Waals surface area contributed by atoms with Crippen molar-refractivity contribution in [2.45, 2.75) is 44.8 Å². The second-order valence-corrected chi connectivity index (χ2v) is 9.50. The number of carbonyl (C=O) groups excluding carboxylic acids is 2. The summed E-state index contributed by atoms with van der Waals surface area (Å²) >= 11 is 0. The van der Waals surface area contributed by atoms with Crippen LogP contribution in [0, 0.1) is 17.8 Å². The van der Waals surface area contributed by atoms with Crippen molar-refractivity contribution >= 4 is 11.8 Å². The number of aromatic nitrogens is 3. The molecule has 0 bridgehead atoms. The van der Waals surface area contributed by atoms with Gasteiger partial charge in [0.25, 0.3) is 5.91 Å². The molecule has 1 saturated heterocycles. The van der Waals surface area contributed by atoms with Crippen LogP contribution >= 0.6 is 0 Å². The van der Waals surface area contributed by atoms with Gasteiger partial charge in [0.15, 0.2) is 0 Å². The van der Waals surface area contributed by atoms with E-state index in [1.165, 1.54) is 12.8 Å². The highest BCUT2D eigenvalue weighted by Crippen LogP contribution is 2.39. The van der Waals surface area contributed by atoms with Gasteiger partial charge in [0.05, 0.1) is 17.8 Å². The monoisotopic (exact) mass is 425 g/mol. The number of H-pyrrole nitrogens is 1. The van der Waals surface area contributed by atoms with E-state index in [1.54, 1.807) is 6.92 Å². The Labute approximate surface area is 182 Å². The fourth-order valence-electron chi connectivity index (χ4n) is 5.18. The van der Waals surface area contributed by atoms with Gasteiger partial charge in [-0.15, -0.1) is 0 Å². The Balaban J connectivity index is 1.26. The van der Waals surface area contributed by atoms with Crippen LogP contribution in [0.25, 0.3) is 11.4 Å². The SMILES string of the molecule is CC(=O)N[C@@H]1C[C@@H]2CN(C(=O)c3cc(-c4cccn4C)n[nH]3)C[C@@H]2C[C@H]1OCC1CC1. The number of nitrogens with zero attached hydrogens (tertiary/aromatic N) is 3. The predicted molar refractivity (Wildman–Crippen MR) is 115 cm³/mol. The smallest absolute Gasteiger partial charge is 0.271 e. The van der Waals surface area contributed by atoms with Gasteiger partial charge in [-0.05, 0) is 61.6 Å². The number of rotatable bonds is 6. The Morgan fingerprint density at radius 1 is 1.26 bits per heavy atom. The number of fused-ring (bicyclic) bond motifs is 1. The molecule has 2 N–H and O–H groups in total. The first-order valence-corrected chi connectivity index (χ1v) is 11.3. The lowest BCUT2D eigenvalue weighted by Crippen LogP contribution is -2.50. The summed E-state index contributed by atoms with van der Waals surface area (Å²) in [4.78, 5) is 26.8. The van der Waals surface area contributed by atoms with Gasteiger partial charge in [0.1, 0.15) is 11.4 Å². The van der Waals surface area contributed by atoms with E-state index in [1.807, 2.05) is 40.9 Å². The highest BCUT2D eigenvalue weighted by atomic mass is 16.5. The van der Waals surface area contributed by atoms with E-state index in [0.717, 1.165) is 37.4 Å². The second-order valence-electron chi connectivity index (χ2n) is 9.50. The summed E-state index contributed by atoms with van der Waals surface area (Å²) < 4.78 is 8.21. The minimum atomic E-state index is -0.0138. The van der Waals surface area contributed by atoms with E-state index in [9.17, 15) is 9.59 Å². The van der Waals surface area contributed by atoms with Gasteiger partial charge in [0, 0.05) is 39.9 Å². The van der Waals surface area contributed by atoms with Gasteiger partial charge >= 0.3 is 0 Å². The maximum absolute atomic E-state index is 13.2. The summed E-state index contributed by atoms with van der Waals surface area (Å²) in [6.45, 7) is 3.81. The molecule has 5 rings (SSSR count). The fourth-order valence-corrected chi connectivity index (χ4v) is 5.18. The van der Waals surface area contributed by atoms with Crippen LogP contribution in [0.4, 0.5) is 0 Å². The molecule has 2 amide bonds. The molecule has 0 aromatic carbocycles. The van der Waals surface area contributed by atoms with Crippen LogP contribution in [0.5, 0.6) is 0 Å². The van der Waals surface area contributed by atoms with Crippen LogP contribution in [0.1, 0.15) is 43.1 Å². The van der Waals surface area contributed by atoms with Gasteiger partial charge in [-0.2, -0.15) is 5.10 Å². The molecule has 3 heterocycles. The molecule has 2 saturated carbocycles. The number of amides is 2. The van der Waals surface area contributed by atoms with Gasteiger partial charge in [-0.3, -0.25) is 14.7 Å². The largest absolute Gasteiger partial charge is 0.376 e.